The van der Waals surface area contributed by atoms with Crippen LogP contribution < -0.4 is 10.2 Å². The summed E-state index contributed by atoms with van der Waals surface area (Å²) in [6.07, 6.45) is 3.18. The summed E-state index contributed by atoms with van der Waals surface area (Å²) in [5.74, 6) is -0.103. The van der Waals surface area contributed by atoms with Gasteiger partial charge in [-0.05, 0) is 42.0 Å². The summed E-state index contributed by atoms with van der Waals surface area (Å²) in [7, 11) is 1.73. The van der Waals surface area contributed by atoms with Crippen LogP contribution in [0.5, 0.6) is 0 Å². The minimum Gasteiger partial charge on any atom is -0.381 e. The first-order valence-corrected chi connectivity index (χ1v) is 8.30. The van der Waals surface area contributed by atoms with Gasteiger partial charge >= 0.3 is 0 Å². The molecule has 7 heteroatoms. The molecular formula is C20H18N4O3. The number of hydrogen-bond donors (Lipinski definition) is 1. The highest BCUT2D eigenvalue weighted by atomic mass is 16.6. The van der Waals surface area contributed by atoms with Crippen molar-refractivity contribution in [3.05, 3.63) is 94.3 Å². The Kier molecular flexibility index (Phi) is 5.41. The molecule has 0 unspecified atom stereocenters. The standard InChI is InChI=1S/C20H18N4O3/c1-23(20(25)16-10-12-21-13-11-16)18-6-2-15(3-7-18)14-22-17-4-8-19(9-5-17)24(26)27/h2-13,22H,14H2,1H3. The minimum atomic E-state index is -0.424. The first kappa shape index (κ1) is 18.1. The summed E-state index contributed by atoms with van der Waals surface area (Å²) < 4.78 is 0. The first-order valence-electron chi connectivity index (χ1n) is 8.30. The predicted octanol–water partition coefficient (Wildman–Crippen LogP) is 3.88. The number of nitro benzene ring substituents is 1. The van der Waals surface area contributed by atoms with Gasteiger partial charge in [0.05, 0.1) is 4.92 Å². The number of amides is 1. The van der Waals surface area contributed by atoms with Crippen molar-refractivity contribution in [1.29, 1.82) is 0 Å². The number of nitrogens with one attached hydrogen (secondary N) is 1. The second-order valence-corrected chi connectivity index (χ2v) is 5.92. The number of carbonyl (C=O) groups excluding carboxylic acids is 1. The second kappa shape index (κ2) is 8.09. The Bertz CT molecular complexity index is 926. The normalized spacial score (nSPS) is 10.3. The quantitative estimate of drug-likeness (QED) is 0.531. The van der Waals surface area contributed by atoms with Gasteiger partial charge in [0.25, 0.3) is 11.6 Å². The van der Waals surface area contributed by atoms with Crippen molar-refractivity contribution < 1.29 is 9.72 Å². The molecule has 1 amide bonds. The molecule has 0 atom stereocenters. The highest BCUT2D eigenvalue weighted by molar-refractivity contribution is 6.05. The molecule has 1 heterocycles. The van der Waals surface area contributed by atoms with Crippen molar-refractivity contribution in [3.63, 3.8) is 0 Å². The molecule has 0 aliphatic carbocycles. The molecule has 3 aromatic rings. The average Bonchev–Trinajstić information content (AvgIpc) is 2.72. The molecule has 2 aromatic carbocycles. The van der Waals surface area contributed by atoms with Gasteiger partial charge in [0.2, 0.25) is 0 Å². The predicted molar refractivity (Wildman–Crippen MR) is 104 cm³/mol. The molecule has 0 saturated heterocycles. The fraction of sp³-hybridized carbons (Fsp3) is 0.100. The van der Waals surface area contributed by atoms with E-state index in [2.05, 4.69) is 10.3 Å². The molecule has 3 rings (SSSR count). The number of hydrogen-bond acceptors (Lipinski definition) is 5. The van der Waals surface area contributed by atoms with Gasteiger partial charge < -0.3 is 10.2 Å². The Balaban J connectivity index is 1.61. The lowest BCUT2D eigenvalue weighted by molar-refractivity contribution is -0.384. The zero-order valence-corrected chi connectivity index (χ0v) is 14.7. The van der Waals surface area contributed by atoms with E-state index in [1.807, 2.05) is 24.3 Å². The number of nitrogens with zero attached hydrogens (tertiary/aromatic N) is 3. The van der Waals surface area contributed by atoms with E-state index < -0.39 is 4.92 Å². The number of nitro groups is 1. The third-order valence-corrected chi connectivity index (χ3v) is 4.13. The van der Waals surface area contributed by atoms with Crippen molar-refractivity contribution in [3.8, 4) is 0 Å². The molecule has 0 radical (unpaired) electrons. The van der Waals surface area contributed by atoms with Crippen LogP contribution in [-0.4, -0.2) is 22.9 Å². The maximum absolute atomic E-state index is 12.5. The van der Waals surface area contributed by atoms with Crippen LogP contribution >= 0.6 is 0 Å². The summed E-state index contributed by atoms with van der Waals surface area (Å²) in [5, 5.41) is 13.9. The lowest BCUT2D eigenvalue weighted by Crippen LogP contribution is -2.26. The van der Waals surface area contributed by atoms with Gasteiger partial charge in [-0.3, -0.25) is 19.9 Å². The van der Waals surface area contributed by atoms with Crippen molar-refractivity contribution in [2.45, 2.75) is 6.54 Å². The van der Waals surface area contributed by atoms with Gasteiger partial charge in [0.1, 0.15) is 0 Å². The number of carbonyl (C=O) groups is 1. The lowest BCUT2D eigenvalue weighted by Gasteiger charge is -2.18. The van der Waals surface area contributed by atoms with Crippen LogP contribution in [0.15, 0.2) is 73.1 Å². The number of anilines is 2. The second-order valence-electron chi connectivity index (χ2n) is 5.92. The Morgan fingerprint density at radius 2 is 1.67 bits per heavy atom. The first-order chi connectivity index (χ1) is 13.0. The largest absolute Gasteiger partial charge is 0.381 e. The van der Waals surface area contributed by atoms with Crippen LogP contribution in [-0.2, 0) is 6.54 Å². The molecule has 0 aliphatic rings. The Labute approximate surface area is 156 Å². The smallest absolute Gasteiger partial charge is 0.269 e. The van der Waals surface area contributed by atoms with Crippen molar-refractivity contribution in [2.24, 2.45) is 0 Å². The number of non-ortho nitro benzene ring substituents is 1. The molecule has 27 heavy (non-hydrogen) atoms. The monoisotopic (exact) mass is 362 g/mol. The van der Waals surface area contributed by atoms with Crippen LogP contribution in [0, 0.1) is 10.1 Å². The Morgan fingerprint density at radius 1 is 1.04 bits per heavy atom. The van der Waals surface area contributed by atoms with Crippen LogP contribution in [0.4, 0.5) is 17.1 Å². The fourth-order valence-corrected chi connectivity index (χ4v) is 2.55. The molecule has 0 spiro atoms. The highest BCUT2D eigenvalue weighted by Crippen LogP contribution is 2.19. The minimum absolute atomic E-state index is 0.0619. The van der Waals surface area contributed by atoms with Crippen LogP contribution in [0.3, 0.4) is 0 Å². The maximum atomic E-state index is 12.5. The van der Waals surface area contributed by atoms with E-state index in [1.165, 1.54) is 12.1 Å². The van der Waals surface area contributed by atoms with Gasteiger partial charge in [0.15, 0.2) is 0 Å². The van der Waals surface area contributed by atoms with Gasteiger partial charge in [0, 0.05) is 55.1 Å². The fourth-order valence-electron chi connectivity index (χ4n) is 2.55. The molecule has 0 aliphatic heterocycles. The topological polar surface area (TPSA) is 88.4 Å². The lowest BCUT2D eigenvalue weighted by atomic mass is 10.1. The summed E-state index contributed by atoms with van der Waals surface area (Å²) in [4.78, 5) is 28.2. The number of aromatic nitrogens is 1. The van der Waals surface area contributed by atoms with Crippen LogP contribution in [0.25, 0.3) is 0 Å². The molecule has 0 saturated carbocycles. The van der Waals surface area contributed by atoms with Gasteiger partial charge in [-0.2, -0.15) is 0 Å². The highest BCUT2D eigenvalue weighted by Gasteiger charge is 2.13. The van der Waals surface area contributed by atoms with Gasteiger partial charge in [-0.25, -0.2) is 0 Å². The van der Waals surface area contributed by atoms with E-state index in [0.717, 1.165) is 16.9 Å². The number of benzene rings is 2. The third-order valence-electron chi connectivity index (χ3n) is 4.13. The van der Waals surface area contributed by atoms with Crippen molar-refractivity contribution >= 4 is 23.0 Å². The van der Waals surface area contributed by atoms with Crippen LogP contribution in [0.2, 0.25) is 0 Å². The summed E-state index contributed by atoms with van der Waals surface area (Å²) in [6.45, 7) is 0.570. The molecule has 0 fully saturated rings. The number of pyridine rings is 1. The van der Waals surface area contributed by atoms with Crippen molar-refractivity contribution in [1.82, 2.24) is 4.98 Å². The van der Waals surface area contributed by atoms with E-state index in [-0.39, 0.29) is 11.6 Å². The zero-order valence-electron chi connectivity index (χ0n) is 14.7. The van der Waals surface area contributed by atoms with E-state index in [1.54, 1.807) is 48.6 Å². The SMILES string of the molecule is CN(C(=O)c1ccncc1)c1ccc(CNc2ccc([N+](=O)[O-])cc2)cc1. The Hall–Kier alpha value is -3.74. The molecule has 7 nitrogen and oxygen atoms in total. The summed E-state index contributed by atoms with van der Waals surface area (Å²) >= 11 is 0. The maximum Gasteiger partial charge on any atom is 0.269 e. The van der Waals surface area contributed by atoms with Gasteiger partial charge in [-0.15, -0.1) is 0 Å². The Morgan fingerprint density at radius 3 is 2.26 bits per heavy atom. The third kappa shape index (κ3) is 4.46. The summed E-state index contributed by atoms with van der Waals surface area (Å²) in [6, 6.07) is 17.3. The van der Waals surface area contributed by atoms with Crippen LogP contribution in [0.1, 0.15) is 15.9 Å². The number of rotatable bonds is 6. The summed E-state index contributed by atoms with van der Waals surface area (Å²) in [5.41, 5.74) is 3.26. The van der Waals surface area contributed by atoms with E-state index in [0.29, 0.717) is 12.1 Å². The molecular weight excluding hydrogens is 344 g/mol. The molecule has 0 bridgehead atoms. The van der Waals surface area contributed by atoms with E-state index in [9.17, 15) is 14.9 Å². The molecule has 1 aromatic heterocycles. The van der Waals surface area contributed by atoms with Crippen molar-refractivity contribution in [2.75, 3.05) is 17.3 Å². The van der Waals surface area contributed by atoms with E-state index >= 15 is 0 Å². The van der Waals surface area contributed by atoms with Gasteiger partial charge in [-0.1, -0.05) is 12.1 Å². The average molecular weight is 362 g/mol. The molecule has 136 valence electrons. The van der Waals surface area contributed by atoms with E-state index in [4.69, 9.17) is 0 Å². The zero-order chi connectivity index (χ0) is 19.2. The molecule has 1 N–H and O–H groups in total.